The number of carbonyl (C=O) groups excluding carboxylic acids is 2. The lowest BCUT2D eigenvalue weighted by Crippen LogP contribution is -2.28. The maximum Gasteiger partial charge on any atom is 0.307 e. The number of nitrogens with one attached hydrogen (secondary N) is 1. The van der Waals surface area contributed by atoms with Gasteiger partial charge in [0.05, 0.1) is 13.5 Å². The first-order valence-corrected chi connectivity index (χ1v) is 6.08. The van der Waals surface area contributed by atoms with Crippen LogP contribution in [0.2, 0.25) is 0 Å². The number of aromatic nitrogens is 1. The molecule has 1 N–H and O–H groups in total. The molecule has 94 valence electrons. The van der Waals surface area contributed by atoms with E-state index in [1.807, 2.05) is 17.7 Å². The second-order valence-electron chi connectivity index (χ2n) is 3.41. The minimum absolute atomic E-state index is 0.177. The molecule has 0 aliphatic carbocycles. The summed E-state index contributed by atoms with van der Waals surface area (Å²) < 4.78 is 7.17. The summed E-state index contributed by atoms with van der Waals surface area (Å²) in [6.07, 6.45) is 2.02. The normalized spacial score (nSPS) is 10.1. The zero-order chi connectivity index (χ0) is 12.8. The van der Waals surface area contributed by atoms with Gasteiger partial charge in [0, 0.05) is 23.8 Å². The number of esters is 1. The van der Waals surface area contributed by atoms with E-state index in [1.54, 1.807) is 6.07 Å². The summed E-state index contributed by atoms with van der Waals surface area (Å²) in [7, 11) is 1.32. The summed E-state index contributed by atoms with van der Waals surface area (Å²) in [6.45, 7) is 2.95. The fraction of sp³-hybridized carbons (Fsp3) is 0.455. The molecule has 0 bridgehead atoms. The Bertz CT molecular complexity index is 415. The Labute approximate surface area is 108 Å². The average Bonchev–Trinajstić information content (AvgIpc) is 2.70. The third-order valence-electron chi connectivity index (χ3n) is 2.28. The molecular weight excluding hydrogens is 288 g/mol. The van der Waals surface area contributed by atoms with Crippen molar-refractivity contribution in [1.82, 2.24) is 9.88 Å². The molecule has 1 heterocycles. The number of amides is 1. The van der Waals surface area contributed by atoms with Gasteiger partial charge in [-0.3, -0.25) is 9.59 Å². The average molecular weight is 303 g/mol. The number of hydrogen-bond donors (Lipinski definition) is 1. The van der Waals surface area contributed by atoms with Gasteiger partial charge in [-0.25, -0.2) is 0 Å². The molecule has 0 saturated heterocycles. The van der Waals surface area contributed by atoms with Crippen LogP contribution in [0.1, 0.15) is 23.8 Å². The zero-order valence-electron chi connectivity index (χ0n) is 9.83. The van der Waals surface area contributed by atoms with Crippen LogP contribution in [0, 0.1) is 0 Å². The summed E-state index contributed by atoms with van der Waals surface area (Å²) in [6, 6.07) is 1.75. The SMILES string of the molecule is CCn1cc(Br)cc1C(=O)NCCC(=O)OC. The quantitative estimate of drug-likeness (QED) is 0.840. The van der Waals surface area contributed by atoms with E-state index in [-0.39, 0.29) is 24.8 Å². The number of ether oxygens (including phenoxy) is 1. The lowest BCUT2D eigenvalue weighted by atomic mass is 10.3. The lowest BCUT2D eigenvalue weighted by molar-refractivity contribution is -0.140. The summed E-state index contributed by atoms with van der Waals surface area (Å²) >= 11 is 3.32. The van der Waals surface area contributed by atoms with E-state index in [0.717, 1.165) is 4.47 Å². The Morgan fingerprint density at radius 3 is 2.82 bits per heavy atom. The van der Waals surface area contributed by atoms with Crippen molar-refractivity contribution in [2.75, 3.05) is 13.7 Å². The van der Waals surface area contributed by atoms with Crippen LogP contribution in [0.25, 0.3) is 0 Å². The highest BCUT2D eigenvalue weighted by molar-refractivity contribution is 9.10. The fourth-order valence-corrected chi connectivity index (χ4v) is 1.86. The molecule has 1 aromatic heterocycles. The molecular formula is C11H15BrN2O3. The molecule has 0 aliphatic heterocycles. The molecule has 0 fully saturated rings. The number of halogens is 1. The van der Waals surface area contributed by atoms with Crippen LogP contribution in [0.15, 0.2) is 16.7 Å². The van der Waals surface area contributed by atoms with Gasteiger partial charge in [0.25, 0.3) is 5.91 Å². The van der Waals surface area contributed by atoms with E-state index in [1.165, 1.54) is 7.11 Å². The first-order chi connectivity index (χ1) is 8.08. The number of aryl methyl sites for hydroxylation is 1. The largest absolute Gasteiger partial charge is 0.469 e. The first-order valence-electron chi connectivity index (χ1n) is 5.29. The Kier molecular flexibility index (Phi) is 5.21. The van der Waals surface area contributed by atoms with Crippen LogP contribution >= 0.6 is 15.9 Å². The molecule has 1 rings (SSSR count). The van der Waals surface area contributed by atoms with Gasteiger partial charge in [-0.15, -0.1) is 0 Å². The Morgan fingerprint density at radius 2 is 2.24 bits per heavy atom. The fourth-order valence-electron chi connectivity index (χ4n) is 1.40. The van der Waals surface area contributed by atoms with Gasteiger partial charge in [0.1, 0.15) is 5.69 Å². The third-order valence-corrected chi connectivity index (χ3v) is 2.71. The first kappa shape index (κ1) is 13.8. The van der Waals surface area contributed by atoms with Crippen molar-refractivity contribution >= 4 is 27.8 Å². The summed E-state index contributed by atoms with van der Waals surface area (Å²) in [4.78, 5) is 22.7. The van der Waals surface area contributed by atoms with Crippen LogP contribution in [0.4, 0.5) is 0 Å². The molecule has 17 heavy (non-hydrogen) atoms. The van der Waals surface area contributed by atoms with Gasteiger partial charge >= 0.3 is 5.97 Å². The molecule has 1 amide bonds. The second kappa shape index (κ2) is 6.44. The zero-order valence-corrected chi connectivity index (χ0v) is 11.4. The summed E-state index contributed by atoms with van der Waals surface area (Å²) in [5.41, 5.74) is 0.573. The minimum Gasteiger partial charge on any atom is -0.469 e. The third kappa shape index (κ3) is 3.89. The molecule has 0 unspecified atom stereocenters. The molecule has 0 radical (unpaired) electrons. The molecule has 0 aliphatic rings. The Morgan fingerprint density at radius 1 is 1.53 bits per heavy atom. The highest BCUT2D eigenvalue weighted by Gasteiger charge is 2.12. The van der Waals surface area contributed by atoms with Crippen molar-refractivity contribution in [3.8, 4) is 0 Å². The van der Waals surface area contributed by atoms with Gasteiger partial charge in [-0.05, 0) is 28.9 Å². The molecule has 5 nitrogen and oxygen atoms in total. The van der Waals surface area contributed by atoms with Gasteiger partial charge in [-0.2, -0.15) is 0 Å². The van der Waals surface area contributed by atoms with E-state index in [2.05, 4.69) is 26.0 Å². The maximum atomic E-state index is 11.8. The summed E-state index contributed by atoms with van der Waals surface area (Å²) in [5, 5.41) is 2.67. The number of carbonyl (C=O) groups is 2. The van der Waals surface area contributed by atoms with E-state index >= 15 is 0 Å². The van der Waals surface area contributed by atoms with E-state index < -0.39 is 0 Å². The van der Waals surface area contributed by atoms with Gasteiger partial charge < -0.3 is 14.6 Å². The Balaban J connectivity index is 2.54. The van der Waals surface area contributed by atoms with Crippen LogP contribution in [0.3, 0.4) is 0 Å². The van der Waals surface area contributed by atoms with Gasteiger partial charge in [0.15, 0.2) is 0 Å². The van der Waals surface area contributed by atoms with Crippen LogP contribution in [-0.2, 0) is 16.1 Å². The summed E-state index contributed by atoms with van der Waals surface area (Å²) in [5.74, 6) is -0.529. The topological polar surface area (TPSA) is 60.3 Å². The predicted octanol–water partition coefficient (Wildman–Crippen LogP) is 1.56. The van der Waals surface area contributed by atoms with Crippen LogP contribution in [-0.4, -0.2) is 30.1 Å². The van der Waals surface area contributed by atoms with Crippen molar-refractivity contribution in [2.45, 2.75) is 19.9 Å². The lowest BCUT2D eigenvalue weighted by Gasteiger charge is -2.06. The predicted molar refractivity (Wildman–Crippen MR) is 66.8 cm³/mol. The molecule has 0 aromatic carbocycles. The number of methoxy groups -OCH3 is 1. The maximum absolute atomic E-state index is 11.8. The molecule has 6 heteroatoms. The van der Waals surface area contributed by atoms with Crippen molar-refractivity contribution in [3.05, 3.63) is 22.4 Å². The van der Waals surface area contributed by atoms with Gasteiger partial charge in [-0.1, -0.05) is 0 Å². The van der Waals surface area contributed by atoms with Crippen LogP contribution < -0.4 is 5.32 Å². The van der Waals surface area contributed by atoms with Gasteiger partial charge in [0.2, 0.25) is 0 Å². The van der Waals surface area contributed by atoms with Crippen molar-refractivity contribution in [2.24, 2.45) is 0 Å². The minimum atomic E-state index is -0.336. The van der Waals surface area contributed by atoms with E-state index in [4.69, 9.17) is 0 Å². The molecule has 0 saturated carbocycles. The highest BCUT2D eigenvalue weighted by Crippen LogP contribution is 2.14. The molecule has 1 aromatic rings. The second-order valence-corrected chi connectivity index (χ2v) is 4.33. The molecule has 0 spiro atoms. The van der Waals surface area contributed by atoms with E-state index in [0.29, 0.717) is 12.2 Å². The monoisotopic (exact) mass is 302 g/mol. The van der Waals surface area contributed by atoms with Crippen molar-refractivity contribution in [1.29, 1.82) is 0 Å². The number of hydrogen-bond acceptors (Lipinski definition) is 3. The number of nitrogens with zero attached hydrogens (tertiary/aromatic N) is 1. The highest BCUT2D eigenvalue weighted by atomic mass is 79.9. The van der Waals surface area contributed by atoms with Crippen LogP contribution in [0.5, 0.6) is 0 Å². The van der Waals surface area contributed by atoms with E-state index in [9.17, 15) is 9.59 Å². The number of rotatable bonds is 5. The Hall–Kier alpha value is -1.30. The van der Waals surface area contributed by atoms with Crippen molar-refractivity contribution < 1.29 is 14.3 Å². The molecule has 0 atom stereocenters. The standard InChI is InChI=1S/C11H15BrN2O3/c1-3-14-7-8(12)6-9(14)11(16)13-5-4-10(15)17-2/h6-7H,3-5H2,1-2H3,(H,13,16). The van der Waals surface area contributed by atoms with Crippen molar-refractivity contribution in [3.63, 3.8) is 0 Å². The smallest absolute Gasteiger partial charge is 0.307 e.